The molecule has 1 atom stereocenters. The van der Waals surface area contributed by atoms with Crippen LogP contribution >= 0.6 is 11.8 Å². The first-order valence-electron chi connectivity index (χ1n) is 8.77. The lowest BCUT2D eigenvalue weighted by molar-refractivity contribution is -0.116. The molecule has 0 aromatic heterocycles. The Balaban J connectivity index is 1.71. The minimum absolute atomic E-state index is 0.00530. The zero-order chi connectivity index (χ0) is 16.1. The Morgan fingerprint density at radius 3 is 2.52 bits per heavy atom. The highest BCUT2D eigenvalue weighted by molar-refractivity contribution is 8.00. The summed E-state index contributed by atoms with van der Waals surface area (Å²) in [6.07, 6.45) is 9.39. The van der Waals surface area contributed by atoms with Gasteiger partial charge in [-0.25, -0.2) is 0 Å². The minimum atomic E-state index is -0.00530. The molecule has 1 saturated carbocycles. The lowest BCUT2D eigenvalue weighted by atomic mass is 9.82. The molecule has 0 bridgehead atoms. The summed E-state index contributed by atoms with van der Waals surface area (Å²) in [5.74, 6) is 0.833. The summed E-state index contributed by atoms with van der Waals surface area (Å²) in [6, 6.07) is 8.71. The van der Waals surface area contributed by atoms with Gasteiger partial charge in [-0.1, -0.05) is 18.2 Å². The molecule has 3 rings (SSSR count). The van der Waals surface area contributed by atoms with Crippen LogP contribution in [0.5, 0.6) is 0 Å². The van der Waals surface area contributed by atoms with Gasteiger partial charge in [0.2, 0.25) is 0 Å². The minimum Gasteiger partial charge on any atom is -0.381 e. The summed E-state index contributed by atoms with van der Waals surface area (Å²) in [5.41, 5.74) is 1.17. The van der Waals surface area contributed by atoms with Gasteiger partial charge in [0.1, 0.15) is 0 Å². The molecule has 3 heteroatoms. The average molecular weight is 330 g/mol. The molecule has 0 spiro atoms. The monoisotopic (exact) mass is 330 g/mol. The second-order valence-corrected chi connectivity index (χ2v) is 8.01. The van der Waals surface area contributed by atoms with E-state index in [1.165, 1.54) is 23.3 Å². The first-order valence-corrected chi connectivity index (χ1v) is 9.65. The topological polar surface area (TPSA) is 26.3 Å². The Morgan fingerprint density at radius 1 is 1.22 bits per heavy atom. The van der Waals surface area contributed by atoms with Gasteiger partial charge in [-0.2, -0.15) is 0 Å². The number of carbonyl (C=O) groups is 1. The van der Waals surface area contributed by atoms with Gasteiger partial charge in [0.05, 0.1) is 0 Å². The fourth-order valence-electron chi connectivity index (χ4n) is 3.17. The van der Waals surface area contributed by atoms with Crippen molar-refractivity contribution in [2.45, 2.75) is 55.1 Å². The number of ether oxygens (including phenoxy) is 1. The van der Waals surface area contributed by atoms with Gasteiger partial charge in [-0.05, 0) is 68.7 Å². The van der Waals surface area contributed by atoms with Crippen molar-refractivity contribution in [3.8, 4) is 0 Å². The van der Waals surface area contributed by atoms with E-state index in [0.717, 1.165) is 37.7 Å². The molecular weight excluding hydrogens is 304 g/mol. The van der Waals surface area contributed by atoms with Gasteiger partial charge in [-0.3, -0.25) is 4.79 Å². The molecule has 2 nitrogen and oxygen atoms in total. The van der Waals surface area contributed by atoms with Crippen molar-refractivity contribution in [1.82, 2.24) is 0 Å². The van der Waals surface area contributed by atoms with Crippen molar-refractivity contribution in [3.05, 3.63) is 42.0 Å². The predicted molar refractivity (Wildman–Crippen MR) is 96.0 cm³/mol. The smallest absolute Gasteiger partial charge is 0.162 e. The van der Waals surface area contributed by atoms with Crippen LogP contribution in [0.15, 0.2) is 41.3 Å². The number of carbonyl (C=O) groups excluding carboxylic acids is 1. The Bertz CT molecular complexity index is 539. The third kappa shape index (κ3) is 4.95. The molecule has 0 radical (unpaired) electrons. The van der Waals surface area contributed by atoms with Gasteiger partial charge in [0.25, 0.3) is 0 Å². The quantitative estimate of drug-likeness (QED) is 0.659. The van der Waals surface area contributed by atoms with Crippen LogP contribution in [0, 0.1) is 5.92 Å². The van der Waals surface area contributed by atoms with E-state index in [9.17, 15) is 4.79 Å². The summed E-state index contributed by atoms with van der Waals surface area (Å²) in [6.45, 7) is 3.59. The van der Waals surface area contributed by atoms with Crippen molar-refractivity contribution >= 4 is 17.5 Å². The number of thioether (sulfide) groups is 1. The van der Waals surface area contributed by atoms with Gasteiger partial charge < -0.3 is 4.74 Å². The van der Waals surface area contributed by atoms with E-state index >= 15 is 0 Å². The normalized spacial score (nSPS) is 20.7. The van der Waals surface area contributed by atoms with Crippen molar-refractivity contribution in [1.29, 1.82) is 0 Å². The second kappa shape index (κ2) is 8.16. The average Bonchev–Trinajstić information content (AvgIpc) is 3.39. The van der Waals surface area contributed by atoms with Crippen LogP contribution in [-0.2, 0) is 9.53 Å². The largest absolute Gasteiger partial charge is 0.381 e. The van der Waals surface area contributed by atoms with Crippen molar-refractivity contribution in [3.63, 3.8) is 0 Å². The SMILES string of the molecule is C/C=C/C(=O)C(CC1CCOCC1)c1ccc(SC2CC2)cc1. The fourth-order valence-corrected chi connectivity index (χ4v) is 4.22. The molecule has 1 heterocycles. The van der Waals surface area contributed by atoms with E-state index in [4.69, 9.17) is 4.74 Å². The number of hydrogen-bond donors (Lipinski definition) is 0. The molecule has 0 N–H and O–H groups in total. The highest BCUT2D eigenvalue weighted by Gasteiger charge is 2.25. The molecule has 1 aliphatic carbocycles. The maximum atomic E-state index is 12.6. The molecule has 1 saturated heterocycles. The van der Waals surface area contributed by atoms with Crippen LogP contribution < -0.4 is 0 Å². The third-order valence-corrected chi connectivity index (χ3v) is 6.04. The van der Waals surface area contributed by atoms with E-state index in [-0.39, 0.29) is 11.7 Å². The Morgan fingerprint density at radius 2 is 1.91 bits per heavy atom. The predicted octanol–water partition coefficient (Wildman–Crippen LogP) is 4.99. The van der Waals surface area contributed by atoms with E-state index in [1.807, 2.05) is 24.8 Å². The lowest BCUT2D eigenvalue weighted by Gasteiger charge is -2.26. The molecule has 0 amide bonds. The van der Waals surface area contributed by atoms with E-state index in [2.05, 4.69) is 24.3 Å². The number of allylic oxidation sites excluding steroid dienone is 2. The Labute approximate surface area is 143 Å². The van der Waals surface area contributed by atoms with Crippen LogP contribution in [0.4, 0.5) is 0 Å². The molecule has 1 unspecified atom stereocenters. The van der Waals surface area contributed by atoms with E-state index in [0.29, 0.717) is 5.92 Å². The summed E-state index contributed by atoms with van der Waals surface area (Å²) in [5, 5.41) is 0.823. The lowest BCUT2D eigenvalue weighted by Crippen LogP contribution is -2.21. The first-order chi connectivity index (χ1) is 11.3. The number of benzene rings is 1. The fraction of sp³-hybridized carbons (Fsp3) is 0.550. The number of rotatable bonds is 7. The highest BCUT2D eigenvalue weighted by atomic mass is 32.2. The van der Waals surface area contributed by atoms with E-state index in [1.54, 1.807) is 6.08 Å². The first kappa shape index (κ1) is 16.8. The molecule has 2 aliphatic rings. The van der Waals surface area contributed by atoms with Gasteiger partial charge >= 0.3 is 0 Å². The molecule has 2 fully saturated rings. The van der Waals surface area contributed by atoms with Crippen LogP contribution in [0.1, 0.15) is 50.5 Å². The molecule has 23 heavy (non-hydrogen) atoms. The Kier molecular flexibility index (Phi) is 5.96. The number of hydrogen-bond acceptors (Lipinski definition) is 3. The van der Waals surface area contributed by atoms with Crippen LogP contribution in [0.25, 0.3) is 0 Å². The molecule has 1 aromatic rings. The Hall–Kier alpha value is -1.06. The van der Waals surface area contributed by atoms with Crippen LogP contribution in [0.3, 0.4) is 0 Å². The van der Waals surface area contributed by atoms with E-state index < -0.39 is 0 Å². The molecular formula is C20H26O2S. The summed E-state index contributed by atoms with van der Waals surface area (Å²) < 4.78 is 5.45. The standard InChI is InChI=1S/C20H26O2S/c1-2-3-20(21)19(14-15-10-12-22-13-11-15)16-4-6-17(7-5-16)23-18-8-9-18/h2-7,15,18-19H,8-14H2,1H3/b3-2+. The summed E-state index contributed by atoms with van der Waals surface area (Å²) >= 11 is 1.97. The summed E-state index contributed by atoms with van der Waals surface area (Å²) in [4.78, 5) is 13.9. The van der Waals surface area contributed by atoms with Crippen molar-refractivity contribution < 1.29 is 9.53 Å². The maximum absolute atomic E-state index is 12.6. The van der Waals surface area contributed by atoms with Crippen LogP contribution in [-0.4, -0.2) is 24.2 Å². The van der Waals surface area contributed by atoms with Gasteiger partial charge in [-0.15, -0.1) is 11.8 Å². The van der Waals surface area contributed by atoms with Gasteiger partial charge in [0.15, 0.2) is 5.78 Å². The highest BCUT2D eigenvalue weighted by Crippen LogP contribution is 2.39. The molecule has 124 valence electrons. The number of ketones is 1. The zero-order valence-corrected chi connectivity index (χ0v) is 14.7. The van der Waals surface area contributed by atoms with Crippen molar-refractivity contribution in [2.24, 2.45) is 5.92 Å². The molecule has 1 aliphatic heterocycles. The van der Waals surface area contributed by atoms with Crippen LogP contribution in [0.2, 0.25) is 0 Å². The zero-order valence-electron chi connectivity index (χ0n) is 13.9. The molecule has 1 aromatic carbocycles. The maximum Gasteiger partial charge on any atom is 0.162 e. The summed E-state index contributed by atoms with van der Waals surface area (Å²) in [7, 11) is 0. The van der Waals surface area contributed by atoms with Gasteiger partial charge in [0, 0.05) is 29.3 Å². The third-order valence-electron chi connectivity index (χ3n) is 4.69. The van der Waals surface area contributed by atoms with Crippen molar-refractivity contribution in [2.75, 3.05) is 13.2 Å². The second-order valence-electron chi connectivity index (χ2n) is 6.63.